The van der Waals surface area contributed by atoms with Gasteiger partial charge >= 0.3 is 7.12 Å². The van der Waals surface area contributed by atoms with Crippen molar-refractivity contribution in [2.45, 2.75) is 58.8 Å². The summed E-state index contributed by atoms with van der Waals surface area (Å²) < 4.78 is 31.1. The Balaban J connectivity index is 2.11. The van der Waals surface area contributed by atoms with Gasteiger partial charge < -0.3 is 19.4 Å². The Hall–Kier alpha value is -1.60. The minimum Gasteiger partial charge on any atom is -0.484 e. The van der Waals surface area contributed by atoms with E-state index in [-0.39, 0.29) is 24.3 Å². The maximum absolute atomic E-state index is 13.9. The molecular formula is C17H25BFNO4. The van der Waals surface area contributed by atoms with Crippen LogP contribution in [0, 0.1) is 5.82 Å². The molecule has 24 heavy (non-hydrogen) atoms. The van der Waals surface area contributed by atoms with Gasteiger partial charge in [0.2, 0.25) is 0 Å². The lowest BCUT2D eigenvalue weighted by Crippen LogP contribution is -2.41. The van der Waals surface area contributed by atoms with Gasteiger partial charge in [-0.3, -0.25) is 4.79 Å². The van der Waals surface area contributed by atoms with Crippen LogP contribution in [0.25, 0.3) is 0 Å². The highest BCUT2D eigenvalue weighted by Crippen LogP contribution is 2.36. The number of ether oxygens (including phenoxy) is 1. The first kappa shape index (κ1) is 18.7. The largest absolute Gasteiger partial charge is 0.495 e. The smallest absolute Gasteiger partial charge is 0.484 e. The summed E-state index contributed by atoms with van der Waals surface area (Å²) >= 11 is 0. The van der Waals surface area contributed by atoms with Gasteiger partial charge in [-0.2, -0.15) is 0 Å². The average Bonchev–Trinajstić information content (AvgIpc) is 2.64. The molecular weight excluding hydrogens is 312 g/mol. The summed E-state index contributed by atoms with van der Waals surface area (Å²) in [5, 5.41) is 2.71. The van der Waals surface area contributed by atoms with E-state index in [9.17, 15) is 9.18 Å². The quantitative estimate of drug-likeness (QED) is 0.836. The number of carbonyl (C=O) groups excluding carboxylic acids is 1. The molecule has 0 radical (unpaired) electrons. The molecule has 1 aromatic carbocycles. The SMILES string of the molecule is CC(C)NC(=O)COc1cc(F)cc(B2OC(C)(C)C(C)(C)O2)c1. The molecule has 1 saturated heterocycles. The molecule has 1 heterocycles. The van der Waals surface area contributed by atoms with Crippen LogP contribution in [0.5, 0.6) is 5.75 Å². The van der Waals surface area contributed by atoms with Crippen molar-refractivity contribution in [3.05, 3.63) is 24.0 Å². The zero-order valence-electron chi connectivity index (χ0n) is 15.1. The number of benzene rings is 1. The second-order valence-electron chi connectivity index (χ2n) is 7.32. The van der Waals surface area contributed by atoms with Crippen LogP contribution in [-0.2, 0) is 14.1 Å². The van der Waals surface area contributed by atoms with Crippen LogP contribution in [-0.4, -0.2) is 36.9 Å². The van der Waals surface area contributed by atoms with Gasteiger partial charge in [0.1, 0.15) is 11.6 Å². The highest BCUT2D eigenvalue weighted by molar-refractivity contribution is 6.62. The zero-order chi connectivity index (χ0) is 18.1. The van der Waals surface area contributed by atoms with Crippen molar-refractivity contribution in [1.29, 1.82) is 0 Å². The molecule has 132 valence electrons. The summed E-state index contributed by atoms with van der Waals surface area (Å²) in [5.41, 5.74) is -0.502. The Morgan fingerprint density at radius 3 is 2.33 bits per heavy atom. The Bertz CT molecular complexity index is 603. The standard InChI is InChI=1S/C17H25BFNO4/c1-11(2)20-15(21)10-22-14-8-12(7-13(19)9-14)18-23-16(3,4)17(5,6)24-18/h7-9,11H,10H2,1-6H3,(H,20,21). The van der Waals surface area contributed by atoms with Crippen LogP contribution >= 0.6 is 0 Å². The number of hydrogen-bond acceptors (Lipinski definition) is 4. The fraction of sp³-hybridized carbons (Fsp3) is 0.588. The highest BCUT2D eigenvalue weighted by Gasteiger charge is 2.51. The second kappa shape index (κ2) is 6.72. The second-order valence-corrected chi connectivity index (χ2v) is 7.32. The van der Waals surface area contributed by atoms with Gasteiger partial charge in [-0.25, -0.2) is 4.39 Å². The van der Waals surface area contributed by atoms with Gasteiger partial charge in [0.05, 0.1) is 11.2 Å². The first-order valence-electron chi connectivity index (χ1n) is 8.08. The molecule has 1 aromatic rings. The summed E-state index contributed by atoms with van der Waals surface area (Å²) in [6, 6.07) is 4.24. The molecule has 1 fully saturated rings. The monoisotopic (exact) mass is 337 g/mol. The molecule has 1 aliphatic heterocycles. The summed E-state index contributed by atoms with van der Waals surface area (Å²) in [4.78, 5) is 11.6. The maximum Gasteiger partial charge on any atom is 0.495 e. The van der Waals surface area contributed by atoms with E-state index < -0.39 is 24.1 Å². The molecule has 0 spiro atoms. The topological polar surface area (TPSA) is 56.8 Å². The van der Waals surface area contributed by atoms with Crippen LogP contribution in [0.3, 0.4) is 0 Å². The number of carbonyl (C=O) groups is 1. The minimum atomic E-state index is -0.683. The number of halogens is 1. The summed E-state index contributed by atoms with van der Waals surface area (Å²) in [6.45, 7) is 11.3. The lowest BCUT2D eigenvalue weighted by molar-refractivity contribution is -0.123. The number of nitrogens with one attached hydrogen (secondary N) is 1. The molecule has 1 N–H and O–H groups in total. The van der Waals surface area contributed by atoms with Crippen molar-refractivity contribution in [3.63, 3.8) is 0 Å². The molecule has 1 aliphatic rings. The molecule has 0 saturated carbocycles. The number of rotatable bonds is 5. The summed E-state index contributed by atoms with van der Waals surface area (Å²) in [6.07, 6.45) is 0. The average molecular weight is 337 g/mol. The van der Waals surface area contributed by atoms with Crippen molar-refractivity contribution in [2.75, 3.05) is 6.61 Å². The van der Waals surface area contributed by atoms with Crippen molar-refractivity contribution in [3.8, 4) is 5.75 Å². The van der Waals surface area contributed by atoms with E-state index in [0.717, 1.165) is 0 Å². The van der Waals surface area contributed by atoms with E-state index in [4.69, 9.17) is 14.0 Å². The van der Waals surface area contributed by atoms with Crippen LogP contribution in [0.2, 0.25) is 0 Å². The van der Waals surface area contributed by atoms with Crippen LogP contribution in [0.15, 0.2) is 18.2 Å². The summed E-state index contributed by atoms with van der Waals surface area (Å²) in [5.74, 6) is -0.466. The van der Waals surface area contributed by atoms with E-state index in [0.29, 0.717) is 5.46 Å². The lowest BCUT2D eigenvalue weighted by Gasteiger charge is -2.32. The Morgan fingerprint density at radius 2 is 1.79 bits per heavy atom. The zero-order valence-corrected chi connectivity index (χ0v) is 15.1. The minimum absolute atomic E-state index is 0.0222. The van der Waals surface area contributed by atoms with Gasteiger partial charge in [-0.05, 0) is 59.1 Å². The van der Waals surface area contributed by atoms with Crippen LogP contribution < -0.4 is 15.5 Å². The fourth-order valence-electron chi connectivity index (χ4n) is 2.30. The third-order valence-corrected chi connectivity index (χ3v) is 4.24. The summed E-state index contributed by atoms with van der Waals surface area (Å²) in [7, 11) is -0.683. The van der Waals surface area contributed by atoms with Gasteiger partial charge in [0.15, 0.2) is 6.61 Å². The lowest BCUT2D eigenvalue weighted by atomic mass is 9.79. The van der Waals surface area contributed by atoms with Crippen molar-refractivity contribution in [2.24, 2.45) is 0 Å². The van der Waals surface area contributed by atoms with Gasteiger partial charge in [-0.1, -0.05) is 0 Å². The molecule has 7 heteroatoms. The van der Waals surface area contributed by atoms with E-state index in [1.165, 1.54) is 12.1 Å². The Labute approximate surface area is 143 Å². The molecule has 1 amide bonds. The van der Waals surface area contributed by atoms with Gasteiger partial charge in [0.25, 0.3) is 5.91 Å². The van der Waals surface area contributed by atoms with Crippen LogP contribution in [0.4, 0.5) is 4.39 Å². The fourth-order valence-corrected chi connectivity index (χ4v) is 2.30. The maximum atomic E-state index is 13.9. The molecule has 0 aromatic heterocycles. The predicted molar refractivity (Wildman–Crippen MR) is 90.9 cm³/mol. The van der Waals surface area contributed by atoms with Crippen LogP contribution in [0.1, 0.15) is 41.5 Å². The van der Waals surface area contributed by atoms with Crippen molar-refractivity contribution in [1.82, 2.24) is 5.32 Å². The molecule has 2 rings (SSSR count). The molecule has 0 bridgehead atoms. The van der Waals surface area contributed by atoms with Gasteiger partial charge in [-0.15, -0.1) is 0 Å². The molecule has 0 unspecified atom stereocenters. The number of amides is 1. The van der Waals surface area contributed by atoms with E-state index >= 15 is 0 Å². The van der Waals surface area contributed by atoms with Gasteiger partial charge in [0, 0.05) is 12.1 Å². The predicted octanol–water partition coefficient (Wildman–Crippen LogP) is 2.03. The molecule has 0 atom stereocenters. The molecule has 0 aliphatic carbocycles. The van der Waals surface area contributed by atoms with Crippen molar-refractivity contribution >= 4 is 18.5 Å². The van der Waals surface area contributed by atoms with E-state index in [1.807, 2.05) is 41.5 Å². The first-order chi connectivity index (χ1) is 11.0. The molecule has 5 nitrogen and oxygen atoms in total. The highest BCUT2D eigenvalue weighted by atomic mass is 19.1. The number of hydrogen-bond donors (Lipinski definition) is 1. The Morgan fingerprint density at radius 1 is 1.21 bits per heavy atom. The Kier molecular flexibility index (Phi) is 5.25. The third-order valence-electron chi connectivity index (χ3n) is 4.24. The first-order valence-corrected chi connectivity index (χ1v) is 8.08. The van der Waals surface area contributed by atoms with E-state index in [1.54, 1.807) is 6.07 Å². The normalized spacial score (nSPS) is 18.8. The van der Waals surface area contributed by atoms with Crippen molar-refractivity contribution < 1.29 is 23.2 Å². The van der Waals surface area contributed by atoms with E-state index in [2.05, 4.69) is 5.32 Å². The third kappa shape index (κ3) is 4.27.